The van der Waals surface area contributed by atoms with Crippen LogP contribution >= 0.6 is 0 Å². The van der Waals surface area contributed by atoms with Crippen molar-refractivity contribution in [1.29, 1.82) is 0 Å². The highest BCUT2D eigenvalue weighted by Crippen LogP contribution is 2.16. The quantitative estimate of drug-likeness (QED) is 0.0423. The first-order valence-electron chi connectivity index (χ1n) is 26.2. The Bertz CT molecular complexity index is 882. The largest absolute Gasteiger partial charge is 0.394 e. The second-order valence-corrected chi connectivity index (χ2v) is 17.9. The van der Waals surface area contributed by atoms with Crippen molar-refractivity contribution in [2.45, 2.75) is 296 Å². The summed E-state index contributed by atoms with van der Waals surface area (Å²) in [6.45, 7) is 4.31. The first-order chi connectivity index (χ1) is 28.7. The summed E-state index contributed by atoms with van der Waals surface area (Å²) >= 11 is 0. The zero-order chi connectivity index (χ0) is 42.1. The molecule has 0 aliphatic carbocycles. The number of carbonyl (C=O) groups is 1. The fourth-order valence-electron chi connectivity index (χ4n) is 8.09. The third kappa shape index (κ3) is 45.7. The summed E-state index contributed by atoms with van der Waals surface area (Å²) in [5.41, 5.74) is 0. The Morgan fingerprint density at radius 2 is 0.707 bits per heavy atom. The molecule has 1 amide bonds. The van der Waals surface area contributed by atoms with Gasteiger partial charge in [-0.25, -0.2) is 0 Å². The zero-order valence-electron chi connectivity index (χ0n) is 39.3. The molecule has 3 N–H and O–H groups in total. The second-order valence-electron chi connectivity index (χ2n) is 17.9. The molecule has 0 fully saturated rings. The molecule has 0 aromatic rings. The molecule has 4 heteroatoms. The Hall–Kier alpha value is -1.39. The molecule has 0 rings (SSSR count). The van der Waals surface area contributed by atoms with E-state index in [1.54, 1.807) is 6.08 Å². The van der Waals surface area contributed by atoms with Gasteiger partial charge in [0.05, 0.1) is 18.8 Å². The minimum Gasteiger partial charge on any atom is -0.394 e. The van der Waals surface area contributed by atoms with Crippen molar-refractivity contribution in [1.82, 2.24) is 5.32 Å². The van der Waals surface area contributed by atoms with Gasteiger partial charge < -0.3 is 15.5 Å². The van der Waals surface area contributed by atoms with Gasteiger partial charge in [-0.1, -0.05) is 262 Å². The van der Waals surface area contributed by atoms with E-state index in [9.17, 15) is 15.0 Å². The molecular weight excluding hydrogens is 711 g/mol. The number of unbranched alkanes of at least 4 members (excludes halogenated alkanes) is 37. The number of aliphatic hydroxyl groups excluding tert-OH is 2. The van der Waals surface area contributed by atoms with Crippen LogP contribution in [0.2, 0.25) is 0 Å². The summed E-state index contributed by atoms with van der Waals surface area (Å²) in [4.78, 5) is 12.4. The smallest absolute Gasteiger partial charge is 0.220 e. The Labute approximate surface area is 363 Å². The highest BCUT2D eigenvalue weighted by atomic mass is 16.3. The van der Waals surface area contributed by atoms with Crippen LogP contribution in [0.5, 0.6) is 0 Å². The fourth-order valence-corrected chi connectivity index (χ4v) is 8.09. The van der Waals surface area contributed by atoms with E-state index in [-0.39, 0.29) is 12.5 Å². The van der Waals surface area contributed by atoms with Gasteiger partial charge in [0.1, 0.15) is 0 Å². The Kier molecular flexibility index (Phi) is 48.8. The number of allylic oxidation sites excluding steroid dienone is 5. The summed E-state index contributed by atoms with van der Waals surface area (Å²) < 4.78 is 0. The Morgan fingerprint density at radius 1 is 0.414 bits per heavy atom. The van der Waals surface area contributed by atoms with E-state index >= 15 is 0 Å². The number of aliphatic hydroxyl groups is 2. The number of amides is 1. The molecule has 2 unspecified atom stereocenters. The van der Waals surface area contributed by atoms with Crippen molar-refractivity contribution >= 4 is 5.91 Å². The number of carbonyl (C=O) groups excluding carboxylic acids is 1. The summed E-state index contributed by atoms with van der Waals surface area (Å²) in [6.07, 6.45) is 67.3. The van der Waals surface area contributed by atoms with E-state index in [0.29, 0.717) is 6.42 Å². The molecule has 0 spiro atoms. The van der Waals surface area contributed by atoms with E-state index in [4.69, 9.17) is 0 Å². The first-order valence-corrected chi connectivity index (χ1v) is 26.2. The van der Waals surface area contributed by atoms with Gasteiger partial charge >= 0.3 is 0 Å². The van der Waals surface area contributed by atoms with Gasteiger partial charge in [0.2, 0.25) is 5.91 Å². The minimum atomic E-state index is -0.836. The van der Waals surface area contributed by atoms with E-state index in [2.05, 4.69) is 43.5 Å². The average Bonchev–Trinajstić information content (AvgIpc) is 3.23. The van der Waals surface area contributed by atoms with Crippen LogP contribution in [-0.2, 0) is 4.79 Å². The molecule has 2 atom stereocenters. The molecule has 0 aromatic heterocycles. The molecule has 0 radical (unpaired) electrons. The highest BCUT2D eigenvalue weighted by molar-refractivity contribution is 5.76. The van der Waals surface area contributed by atoms with Crippen LogP contribution in [0.1, 0.15) is 284 Å². The maximum atomic E-state index is 12.4. The van der Waals surface area contributed by atoms with E-state index in [0.717, 1.165) is 32.1 Å². The van der Waals surface area contributed by atoms with Crippen molar-refractivity contribution in [3.8, 4) is 0 Å². The molecule has 0 heterocycles. The van der Waals surface area contributed by atoms with Crippen molar-refractivity contribution in [3.63, 3.8) is 0 Å². The number of hydrogen-bond acceptors (Lipinski definition) is 3. The van der Waals surface area contributed by atoms with E-state index < -0.39 is 12.1 Å². The lowest BCUT2D eigenvalue weighted by Gasteiger charge is -2.20. The molecule has 0 saturated heterocycles. The molecule has 4 nitrogen and oxygen atoms in total. The summed E-state index contributed by atoms with van der Waals surface area (Å²) in [6, 6.07) is -0.619. The van der Waals surface area contributed by atoms with Gasteiger partial charge in [-0.2, -0.15) is 0 Å². The summed E-state index contributed by atoms with van der Waals surface area (Å²) in [5.74, 6) is -0.0627. The van der Waals surface area contributed by atoms with Crippen molar-refractivity contribution in [3.05, 3.63) is 36.5 Å². The summed E-state index contributed by atoms with van der Waals surface area (Å²) in [5, 5.41) is 23.0. The third-order valence-electron chi connectivity index (χ3n) is 12.1. The molecule has 0 aliphatic heterocycles. The monoisotopic (exact) mass is 814 g/mol. The van der Waals surface area contributed by atoms with Gasteiger partial charge in [0.15, 0.2) is 0 Å². The molecule has 0 aliphatic rings. The van der Waals surface area contributed by atoms with Crippen LogP contribution in [0.25, 0.3) is 0 Å². The van der Waals surface area contributed by atoms with Crippen LogP contribution < -0.4 is 5.32 Å². The lowest BCUT2D eigenvalue weighted by atomic mass is 10.0. The SMILES string of the molecule is CCCCCCCCCCC/C=C/C(O)C(CO)NC(=O)CCCCCCCCCCCCCCCCCCC/C=C\C/C=C\CCCCCCCCCCCCC. The lowest BCUT2D eigenvalue weighted by molar-refractivity contribution is -0.123. The molecule has 0 bridgehead atoms. The Balaban J connectivity index is 3.41. The predicted molar refractivity (Wildman–Crippen MR) is 258 cm³/mol. The molecule has 0 saturated carbocycles. The minimum absolute atomic E-state index is 0.0627. The second kappa shape index (κ2) is 50.0. The van der Waals surface area contributed by atoms with Crippen LogP contribution in [0.15, 0.2) is 36.5 Å². The number of nitrogens with one attached hydrogen (secondary N) is 1. The maximum absolute atomic E-state index is 12.4. The average molecular weight is 814 g/mol. The highest BCUT2D eigenvalue weighted by Gasteiger charge is 2.18. The van der Waals surface area contributed by atoms with Gasteiger partial charge in [-0.15, -0.1) is 0 Å². The predicted octanol–water partition coefficient (Wildman–Crippen LogP) is 16.9. The standard InChI is InChI=1S/C54H103NO3/c1-3-5-7-9-11-13-15-16-17-18-19-20-21-22-23-24-25-26-27-28-29-30-31-32-33-34-35-36-37-38-40-42-44-46-48-50-54(58)55-52(51-56)53(57)49-47-45-43-41-39-14-12-10-8-6-4-2/h21-22,24-25,47,49,52-53,56-57H,3-20,23,26-46,48,50-51H2,1-2H3,(H,55,58)/b22-21-,25-24-,49-47+. The van der Waals surface area contributed by atoms with Crippen LogP contribution in [0.3, 0.4) is 0 Å². The van der Waals surface area contributed by atoms with Gasteiger partial charge in [-0.05, 0) is 51.4 Å². The molecule has 342 valence electrons. The topological polar surface area (TPSA) is 69.6 Å². The van der Waals surface area contributed by atoms with E-state index in [1.165, 1.54) is 231 Å². The number of hydrogen-bond donors (Lipinski definition) is 3. The van der Waals surface area contributed by atoms with Crippen molar-refractivity contribution < 1.29 is 15.0 Å². The van der Waals surface area contributed by atoms with Gasteiger partial charge in [0, 0.05) is 6.42 Å². The molecule has 0 aromatic carbocycles. The fraction of sp³-hybridized carbons (Fsp3) is 0.870. The van der Waals surface area contributed by atoms with Crippen LogP contribution in [-0.4, -0.2) is 34.9 Å². The zero-order valence-corrected chi connectivity index (χ0v) is 39.3. The van der Waals surface area contributed by atoms with Crippen molar-refractivity contribution in [2.24, 2.45) is 0 Å². The Morgan fingerprint density at radius 3 is 1.03 bits per heavy atom. The van der Waals surface area contributed by atoms with Gasteiger partial charge in [-0.3, -0.25) is 4.79 Å². The first kappa shape index (κ1) is 56.6. The maximum Gasteiger partial charge on any atom is 0.220 e. The lowest BCUT2D eigenvalue weighted by Crippen LogP contribution is -2.45. The molecule has 58 heavy (non-hydrogen) atoms. The summed E-state index contributed by atoms with van der Waals surface area (Å²) in [7, 11) is 0. The van der Waals surface area contributed by atoms with E-state index in [1.807, 2.05) is 6.08 Å². The normalized spacial score (nSPS) is 13.1. The number of rotatable bonds is 48. The van der Waals surface area contributed by atoms with Crippen LogP contribution in [0.4, 0.5) is 0 Å². The van der Waals surface area contributed by atoms with Crippen molar-refractivity contribution in [2.75, 3.05) is 6.61 Å². The molecular formula is C54H103NO3. The third-order valence-corrected chi connectivity index (χ3v) is 12.1. The van der Waals surface area contributed by atoms with Gasteiger partial charge in [0.25, 0.3) is 0 Å². The van der Waals surface area contributed by atoms with Crippen LogP contribution in [0, 0.1) is 0 Å².